The van der Waals surface area contributed by atoms with Crippen LogP contribution in [0.4, 0.5) is 0 Å². The summed E-state index contributed by atoms with van der Waals surface area (Å²) in [6.45, 7) is 10.8. The fraction of sp³-hybridized carbons (Fsp3) is 0.115. The summed E-state index contributed by atoms with van der Waals surface area (Å²) in [6, 6.07) is 32.8. The molecule has 0 amide bonds. The predicted octanol–water partition coefficient (Wildman–Crippen LogP) is 5.85. The number of rotatable bonds is 0. The first kappa shape index (κ1) is 27.5. The van der Waals surface area contributed by atoms with Gasteiger partial charge < -0.3 is 9.59 Å². The molecule has 4 aromatic rings. The predicted molar refractivity (Wildman–Crippen MR) is 124 cm³/mol. The SMILES string of the molecule is C[Si]C.[CH-]=O.[CH-]=O.[Ti+4].[c-]1cccc2c1Cc1ccccc1-2.c1ccc2[cH-]ccc2c1. The Balaban J connectivity index is 0.000000436. The standard InChI is InChI=1S/C13H9.C9H7.C2H6Si.2CHO.Ti/c1-3-7-12-10(5-1)9-11-6-2-4-8-13(11)12;1-2-5-9-7-3-6-8(9)4-1;1-3-2;2*1-2;/h1-5,7-8H,9H2;1-7H;1-2H3;2*1H;/q2*-1;;2*-1;+4. The molecule has 0 unspecified atom stereocenters. The smallest absolute Gasteiger partial charge is 0.545 e. The molecule has 2 radical (unpaired) electrons. The maximum atomic E-state index is 7.75. The third-order valence-corrected chi connectivity index (χ3v) is 4.16. The molecule has 0 aromatic heterocycles. The maximum Gasteiger partial charge on any atom is 4.00 e. The molecule has 1 aliphatic rings. The van der Waals surface area contributed by atoms with Crippen molar-refractivity contribution in [2.45, 2.75) is 19.5 Å². The van der Waals surface area contributed by atoms with Gasteiger partial charge in [-0.1, -0.05) is 54.6 Å². The molecule has 0 aliphatic heterocycles. The Morgan fingerprint density at radius 2 is 1.43 bits per heavy atom. The summed E-state index contributed by atoms with van der Waals surface area (Å²) in [4.78, 5) is 15.5. The maximum absolute atomic E-state index is 7.75. The van der Waals surface area contributed by atoms with Crippen LogP contribution in [0.3, 0.4) is 0 Å². The molecule has 0 N–H and O–H groups in total. The van der Waals surface area contributed by atoms with Crippen molar-refractivity contribution in [2.75, 3.05) is 0 Å². The van der Waals surface area contributed by atoms with E-state index in [1.54, 1.807) is 0 Å². The van der Waals surface area contributed by atoms with Crippen molar-refractivity contribution in [2.24, 2.45) is 0 Å². The van der Waals surface area contributed by atoms with Gasteiger partial charge >= 0.3 is 21.7 Å². The van der Waals surface area contributed by atoms with E-state index in [-0.39, 0.29) is 21.7 Å². The molecule has 0 heterocycles. The number of carbonyl (C=O) groups excluding carboxylic acids is 2. The zero-order chi connectivity index (χ0) is 21.5. The number of benzene rings is 3. The first-order chi connectivity index (χ1) is 14.3. The summed E-state index contributed by atoms with van der Waals surface area (Å²) < 4.78 is 0. The Morgan fingerprint density at radius 1 is 0.833 bits per heavy atom. The summed E-state index contributed by atoms with van der Waals surface area (Å²) in [5.41, 5.74) is 5.51. The van der Waals surface area contributed by atoms with Crippen molar-refractivity contribution in [1.82, 2.24) is 0 Å². The van der Waals surface area contributed by atoms with Crippen LogP contribution in [0.5, 0.6) is 0 Å². The van der Waals surface area contributed by atoms with Gasteiger partial charge in [-0.25, -0.2) is 0 Å². The van der Waals surface area contributed by atoms with Crippen LogP contribution in [0.15, 0.2) is 84.9 Å². The molecule has 0 saturated carbocycles. The van der Waals surface area contributed by atoms with Crippen molar-refractivity contribution in [3.05, 3.63) is 102 Å². The fourth-order valence-electron chi connectivity index (χ4n) is 3.07. The van der Waals surface area contributed by atoms with Gasteiger partial charge in [0.1, 0.15) is 0 Å². The molecule has 1 aliphatic carbocycles. The van der Waals surface area contributed by atoms with Gasteiger partial charge in [-0.2, -0.15) is 47.3 Å². The molecule has 0 atom stereocenters. The molecule has 0 bridgehead atoms. The Hall–Kier alpha value is -2.46. The number of hydrogen-bond donors (Lipinski definition) is 0. The van der Waals surface area contributed by atoms with E-state index in [1.165, 1.54) is 33.0 Å². The zero-order valence-electron chi connectivity index (χ0n) is 17.3. The van der Waals surface area contributed by atoms with Crippen LogP contribution in [0, 0.1) is 6.07 Å². The molecule has 30 heavy (non-hydrogen) atoms. The van der Waals surface area contributed by atoms with Crippen LogP contribution >= 0.6 is 0 Å². The molecular weight excluding hydrogens is 420 g/mol. The Kier molecular flexibility index (Phi) is 15.0. The summed E-state index contributed by atoms with van der Waals surface area (Å²) >= 11 is 0. The summed E-state index contributed by atoms with van der Waals surface area (Å²) in [6.07, 6.45) is 1.05. The molecule has 4 heteroatoms. The van der Waals surface area contributed by atoms with Gasteiger partial charge in [0.25, 0.3) is 0 Å². The van der Waals surface area contributed by atoms with Crippen molar-refractivity contribution >= 4 is 33.9 Å². The molecule has 0 fully saturated rings. The molecular formula is C26H24O2SiTi. The van der Waals surface area contributed by atoms with Gasteiger partial charge in [-0.15, -0.1) is 35.2 Å². The van der Waals surface area contributed by atoms with Gasteiger partial charge in [0, 0.05) is 9.52 Å². The normalized spacial score (nSPS) is 9.27. The molecule has 0 spiro atoms. The first-order valence-electron chi connectivity index (χ1n) is 9.07. The van der Waals surface area contributed by atoms with Gasteiger partial charge in [0.15, 0.2) is 0 Å². The Bertz CT molecular complexity index is 906. The largest absolute Gasteiger partial charge is 4.00 e. The monoisotopic (exact) mass is 444 g/mol. The molecule has 148 valence electrons. The second-order valence-corrected chi connectivity index (χ2v) is 7.05. The summed E-state index contributed by atoms with van der Waals surface area (Å²) in [5, 5.41) is 2.66. The number of hydrogen-bond acceptors (Lipinski definition) is 2. The van der Waals surface area contributed by atoms with E-state index in [0.717, 1.165) is 15.9 Å². The number of fused-ring (bicyclic) bond motifs is 4. The molecule has 0 saturated heterocycles. The van der Waals surface area contributed by atoms with Crippen molar-refractivity contribution in [3.63, 3.8) is 0 Å². The third-order valence-electron chi connectivity index (χ3n) is 4.16. The van der Waals surface area contributed by atoms with E-state index in [1.807, 2.05) is 6.07 Å². The van der Waals surface area contributed by atoms with E-state index in [9.17, 15) is 0 Å². The van der Waals surface area contributed by atoms with Crippen molar-refractivity contribution in [1.29, 1.82) is 0 Å². The van der Waals surface area contributed by atoms with Crippen LogP contribution in [0.25, 0.3) is 21.9 Å². The molecule has 2 nitrogen and oxygen atoms in total. The molecule has 5 rings (SSSR count). The van der Waals surface area contributed by atoms with E-state index in [4.69, 9.17) is 9.59 Å². The summed E-state index contributed by atoms with van der Waals surface area (Å²) in [5.74, 6) is 0. The summed E-state index contributed by atoms with van der Waals surface area (Å²) in [7, 11) is 1.08. The molecule has 4 aromatic carbocycles. The Labute approximate surface area is 197 Å². The second kappa shape index (κ2) is 16.4. The van der Waals surface area contributed by atoms with E-state index in [2.05, 4.69) is 112 Å². The third kappa shape index (κ3) is 7.75. The van der Waals surface area contributed by atoms with Gasteiger partial charge in [0.05, 0.1) is 0 Å². The van der Waals surface area contributed by atoms with Gasteiger partial charge in [-0.05, 0) is 6.42 Å². The minimum Gasteiger partial charge on any atom is -0.545 e. The van der Waals surface area contributed by atoms with Crippen LogP contribution in [-0.2, 0) is 37.7 Å². The van der Waals surface area contributed by atoms with E-state index in [0.29, 0.717) is 0 Å². The van der Waals surface area contributed by atoms with Crippen LogP contribution in [0.1, 0.15) is 11.1 Å². The van der Waals surface area contributed by atoms with Crippen molar-refractivity contribution in [3.8, 4) is 11.1 Å². The topological polar surface area (TPSA) is 34.1 Å². The van der Waals surface area contributed by atoms with Crippen LogP contribution < -0.4 is 0 Å². The van der Waals surface area contributed by atoms with Crippen molar-refractivity contribution < 1.29 is 31.3 Å². The van der Waals surface area contributed by atoms with Crippen LogP contribution in [-0.4, -0.2) is 23.1 Å². The minimum atomic E-state index is 0. The fourth-order valence-corrected chi connectivity index (χ4v) is 3.07. The van der Waals surface area contributed by atoms with Gasteiger partial charge in [-0.3, -0.25) is 13.6 Å². The minimum absolute atomic E-state index is 0. The zero-order valence-corrected chi connectivity index (χ0v) is 19.8. The second-order valence-electron chi connectivity index (χ2n) is 6.05. The van der Waals surface area contributed by atoms with E-state index < -0.39 is 0 Å². The van der Waals surface area contributed by atoms with E-state index >= 15 is 0 Å². The average Bonchev–Trinajstić information content (AvgIpc) is 3.42. The van der Waals surface area contributed by atoms with Gasteiger partial charge in [0.2, 0.25) is 0 Å². The first-order valence-corrected chi connectivity index (χ1v) is 11.1. The average molecular weight is 444 g/mol. The quantitative estimate of drug-likeness (QED) is 0.171. The van der Waals surface area contributed by atoms with Crippen LogP contribution in [0.2, 0.25) is 13.1 Å². The Morgan fingerprint density at radius 3 is 2.13 bits per heavy atom.